The van der Waals surface area contributed by atoms with E-state index in [0.29, 0.717) is 28.9 Å². The minimum atomic E-state index is -0.502. The molecule has 8 heteroatoms. The topological polar surface area (TPSA) is 80.9 Å². The van der Waals surface area contributed by atoms with Crippen molar-refractivity contribution in [3.8, 4) is 11.3 Å². The number of aryl methyl sites for hydroxylation is 1. The summed E-state index contributed by atoms with van der Waals surface area (Å²) in [6, 6.07) is 9.09. The monoisotopic (exact) mass is 400 g/mol. The van der Waals surface area contributed by atoms with Crippen LogP contribution >= 0.6 is 11.6 Å². The molecule has 1 amide bonds. The van der Waals surface area contributed by atoms with Crippen molar-refractivity contribution in [1.82, 2.24) is 20.4 Å². The third-order valence-electron chi connectivity index (χ3n) is 4.62. The Hall–Kier alpha value is -2.80. The predicted octanol–water partition coefficient (Wildman–Crippen LogP) is 4.50. The van der Waals surface area contributed by atoms with Crippen LogP contribution in [0.4, 0.5) is 4.39 Å². The minimum Gasteiger partial charge on any atom is -0.341 e. The molecule has 0 saturated heterocycles. The number of nitrogens with one attached hydrogen (secondary N) is 1. The van der Waals surface area contributed by atoms with Gasteiger partial charge in [0.25, 0.3) is 5.91 Å². The first-order chi connectivity index (χ1) is 13.5. The molecule has 1 aliphatic carbocycles. The molecule has 4 rings (SSSR count). The molecule has 0 unspecified atom stereocenters. The van der Waals surface area contributed by atoms with Crippen LogP contribution in [0.5, 0.6) is 0 Å². The van der Waals surface area contributed by atoms with Gasteiger partial charge in [-0.25, -0.2) is 9.37 Å². The smallest absolute Gasteiger partial charge is 0.270 e. The van der Waals surface area contributed by atoms with Crippen molar-refractivity contribution in [3.05, 3.63) is 64.6 Å². The number of rotatable bonds is 6. The highest BCUT2D eigenvalue weighted by Gasteiger charge is 2.30. The first kappa shape index (κ1) is 18.6. The average Bonchev–Trinajstić information content (AvgIpc) is 3.41. The maximum absolute atomic E-state index is 13.4. The number of aromatic nitrogens is 3. The maximum Gasteiger partial charge on any atom is 0.270 e. The van der Waals surface area contributed by atoms with Gasteiger partial charge in [-0.3, -0.25) is 4.79 Å². The van der Waals surface area contributed by atoms with Gasteiger partial charge >= 0.3 is 0 Å². The van der Waals surface area contributed by atoms with E-state index in [-0.39, 0.29) is 22.7 Å². The van der Waals surface area contributed by atoms with Crippen molar-refractivity contribution in [2.24, 2.45) is 5.92 Å². The van der Waals surface area contributed by atoms with Gasteiger partial charge in [-0.15, -0.1) is 0 Å². The van der Waals surface area contributed by atoms with E-state index in [2.05, 4.69) is 20.4 Å². The van der Waals surface area contributed by atoms with E-state index in [0.717, 1.165) is 19.3 Å². The zero-order valence-corrected chi connectivity index (χ0v) is 15.9. The zero-order chi connectivity index (χ0) is 19.7. The SMILES string of the molecule is Cc1nc([C@H](CC2CC2)NC(=O)c2cccc(-c3ccc(F)c(Cl)c3)n2)no1. The summed E-state index contributed by atoms with van der Waals surface area (Å²) in [6.07, 6.45) is 3.04. The molecule has 0 bridgehead atoms. The van der Waals surface area contributed by atoms with Gasteiger partial charge in [0.2, 0.25) is 5.89 Å². The van der Waals surface area contributed by atoms with Crippen LogP contribution in [0.25, 0.3) is 11.3 Å². The van der Waals surface area contributed by atoms with Crippen LogP contribution in [0.1, 0.15) is 47.5 Å². The number of benzene rings is 1. The number of hydrogen-bond acceptors (Lipinski definition) is 5. The fourth-order valence-corrected chi connectivity index (χ4v) is 3.16. The van der Waals surface area contributed by atoms with E-state index >= 15 is 0 Å². The van der Waals surface area contributed by atoms with Gasteiger partial charge in [-0.2, -0.15) is 4.98 Å². The first-order valence-electron chi connectivity index (χ1n) is 9.03. The number of carbonyl (C=O) groups is 1. The Kier molecular flexibility index (Phi) is 5.09. The van der Waals surface area contributed by atoms with Crippen LogP contribution in [-0.2, 0) is 0 Å². The highest BCUT2D eigenvalue weighted by molar-refractivity contribution is 6.31. The van der Waals surface area contributed by atoms with Gasteiger partial charge in [0, 0.05) is 12.5 Å². The van der Waals surface area contributed by atoms with Gasteiger partial charge in [-0.05, 0) is 42.7 Å². The van der Waals surface area contributed by atoms with E-state index in [4.69, 9.17) is 16.1 Å². The molecule has 6 nitrogen and oxygen atoms in total. The Labute approximate surface area is 166 Å². The van der Waals surface area contributed by atoms with Crippen molar-refractivity contribution < 1.29 is 13.7 Å². The quantitative estimate of drug-likeness (QED) is 0.658. The Morgan fingerprint density at radius 3 is 2.82 bits per heavy atom. The van der Waals surface area contributed by atoms with Crippen LogP contribution in [0.3, 0.4) is 0 Å². The second-order valence-electron chi connectivity index (χ2n) is 6.91. The van der Waals surface area contributed by atoms with Crippen molar-refractivity contribution in [1.29, 1.82) is 0 Å². The molecule has 28 heavy (non-hydrogen) atoms. The number of halogens is 2. The minimum absolute atomic E-state index is 0.00567. The molecule has 2 heterocycles. The normalized spacial score (nSPS) is 14.7. The van der Waals surface area contributed by atoms with Crippen LogP contribution in [0.2, 0.25) is 5.02 Å². The Balaban J connectivity index is 1.55. The molecule has 1 atom stereocenters. The van der Waals surface area contributed by atoms with Gasteiger partial charge in [0.1, 0.15) is 11.5 Å². The Morgan fingerprint density at radius 1 is 1.32 bits per heavy atom. The third kappa shape index (κ3) is 4.20. The van der Waals surface area contributed by atoms with Crippen LogP contribution in [-0.4, -0.2) is 21.0 Å². The van der Waals surface area contributed by atoms with Gasteiger partial charge in [-0.1, -0.05) is 35.7 Å². The van der Waals surface area contributed by atoms with Crippen molar-refractivity contribution in [3.63, 3.8) is 0 Å². The summed E-state index contributed by atoms with van der Waals surface area (Å²) in [5.74, 6) is 0.656. The van der Waals surface area contributed by atoms with Crippen molar-refractivity contribution in [2.45, 2.75) is 32.2 Å². The van der Waals surface area contributed by atoms with E-state index < -0.39 is 5.82 Å². The van der Waals surface area contributed by atoms with Gasteiger partial charge in [0.15, 0.2) is 5.82 Å². The van der Waals surface area contributed by atoms with Crippen LogP contribution in [0, 0.1) is 18.7 Å². The van der Waals surface area contributed by atoms with Crippen LogP contribution < -0.4 is 5.32 Å². The van der Waals surface area contributed by atoms with Crippen molar-refractivity contribution in [2.75, 3.05) is 0 Å². The molecule has 1 fully saturated rings. The molecular weight excluding hydrogens is 383 g/mol. The molecule has 1 saturated carbocycles. The summed E-state index contributed by atoms with van der Waals surface area (Å²) in [7, 11) is 0. The predicted molar refractivity (Wildman–Crippen MR) is 101 cm³/mol. The summed E-state index contributed by atoms with van der Waals surface area (Å²) in [4.78, 5) is 21.5. The van der Waals surface area contributed by atoms with E-state index in [1.807, 2.05) is 0 Å². The van der Waals surface area contributed by atoms with E-state index in [1.54, 1.807) is 31.2 Å². The molecule has 1 N–H and O–H groups in total. The molecule has 3 aromatic rings. The molecule has 2 aromatic heterocycles. The number of nitrogens with zero attached hydrogens (tertiary/aromatic N) is 3. The molecule has 0 radical (unpaired) electrons. The van der Waals surface area contributed by atoms with E-state index in [9.17, 15) is 9.18 Å². The Morgan fingerprint density at radius 2 is 2.14 bits per heavy atom. The summed E-state index contributed by atoms with van der Waals surface area (Å²) in [5.41, 5.74) is 1.41. The largest absolute Gasteiger partial charge is 0.341 e. The average molecular weight is 401 g/mol. The summed E-state index contributed by atoms with van der Waals surface area (Å²) in [5, 5.41) is 6.92. The second-order valence-corrected chi connectivity index (χ2v) is 7.32. The summed E-state index contributed by atoms with van der Waals surface area (Å²) < 4.78 is 18.5. The molecule has 1 aromatic carbocycles. The van der Waals surface area contributed by atoms with Crippen molar-refractivity contribution >= 4 is 17.5 Å². The van der Waals surface area contributed by atoms with E-state index in [1.165, 1.54) is 12.1 Å². The molecule has 1 aliphatic rings. The zero-order valence-electron chi connectivity index (χ0n) is 15.2. The number of pyridine rings is 1. The fraction of sp³-hybridized carbons (Fsp3) is 0.300. The van der Waals surface area contributed by atoms with Crippen LogP contribution in [0.15, 0.2) is 40.9 Å². The lowest BCUT2D eigenvalue weighted by atomic mass is 10.1. The summed E-state index contributed by atoms with van der Waals surface area (Å²) in [6.45, 7) is 1.71. The fourth-order valence-electron chi connectivity index (χ4n) is 2.98. The molecular formula is C20H18ClFN4O2. The van der Waals surface area contributed by atoms with Gasteiger partial charge < -0.3 is 9.84 Å². The third-order valence-corrected chi connectivity index (χ3v) is 4.91. The van der Waals surface area contributed by atoms with Gasteiger partial charge in [0.05, 0.1) is 16.8 Å². The number of carbonyl (C=O) groups excluding carboxylic acids is 1. The molecule has 144 valence electrons. The molecule has 0 aliphatic heterocycles. The lowest BCUT2D eigenvalue weighted by molar-refractivity contribution is 0.0926. The highest BCUT2D eigenvalue weighted by atomic mass is 35.5. The standard InChI is InChI=1S/C20H18ClFN4O2/c1-11-23-19(26-28-11)18(9-12-5-6-12)25-20(27)17-4-2-3-16(24-17)13-7-8-15(22)14(21)10-13/h2-4,7-8,10,12,18H,5-6,9H2,1H3,(H,25,27)/t18-/m0/s1. The number of amides is 1. The lowest BCUT2D eigenvalue weighted by Gasteiger charge is -2.15. The summed E-state index contributed by atoms with van der Waals surface area (Å²) >= 11 is 5.85. The maximum atomic E-state index is 13.4. The second kappa shape index (κ2) is 7.67. The molecule has 0 spiro atoms. The Bertz CT molecular complexity index is 1020. The number of hydrogen-bond donors (Lipinski definition) is 1. The highest BCUT2D eigenvalue weighted by Crippen LogP contribution is 2.37. The first-order valence-corrected chi connectivity index (χ1v) is 9.41. The lowest BCUT2D eigenvalue weighted by Crippen LogP contribution is -2.30.